The van der Waals surface area contributed by atoms with Crippen molar-refractivity contribution in [1.82, 2.24) is 84.0 Å². The minimum atomic E-state index is -1.48. The first-order chi connectivity index (χ1) is 52.6. The Kier molecular flexibility index (Phi) is 43.2. The number of carboxylic acids is 1. The van der Waals surface area contributed by atoms with Crippen LogP contribution in [0.2, 0.25) is 0 Å². The second-order valence-corrected chi connectivity index (χ2v) is 27.7. The summed E-state index contributed by atoms with van der Waals surface area (Å²) < 4.78 is 0. The van der Waals surface area contributed by atoms with Gasteiger partial charge in [0.1, 0.15) is 78.3 Å². The van der Waals surface area contributed by atoms with Crippen LogP contribution in [0.15, 0.2) is 41.8 Å². The van der Waals surface area contributed by atoms with E-state index in [0.29, 0.717) is 36.9 Å². The maximum Gasteiger partial charge on any atom is 0.327 e. The smallest absolute Gasteiger partial charge is 0.327 e. The molecule has 1 aliphatic rings. The number of primary amides is 1. The number of rotatable bonds is 51. The summed E-state index contributed by atoms with van der Waals surface area (Å²) >= 11 is 16.7. The molecule has 45 heteroatoms. The Morgan fingerprint density at radius 1 is 0.550 bits per heavy atom. The number of guanidine groups is 1. The van der Waals surface area contributed by atoms with Crippen molar-refractivity contribution in [2.75, 3.05) is 62.3 Å². The van der Waals surface area contributed by atoms with Gasteiger partial charge in [0.05, 0.1) is 31.9 Å². The summed E-state index contributed by atoms with van der Waals surface area (Å²) in [5, 5.41) is 52.1. The summed E-state index contributed by atoms with van der Waals surface area (Å²) in [5.74, 6) is -16.7. The maximum atomic E-state index is 14.6. The SMILES string of the molecule is CC(C)[C@H](NC(=O)[C@H](Cc1ccc(O)cc1)NC(=O)[C@H](CCCCN)NC(=O)CNC(=O)[C@H](CS)NC(=O)[C@H](C)NC(=O)[C@@H]1CCCN1C(=O)[C@H](Cc1cnc[nH]1)NC(=O)[C@H](CS)NC(=O)[C@H](CS)NC(=O)[C@H](CCCN=C(N)N)NC(=O)CNC(=O)[C@@H](N)CC(N)=O)C(=O)N[C@@H](CCCCN)C(=O)N[C@@H](CS)C(=O)O. The lowest BCUT2D eigenvalue weighted by molar-refractivity contribution is -0.142. The van der Waals surface area contributed by atoms with Gasteiger partial charge in [-0.25, -0.2) is 9.78 Å². The van der Waals surface area contributed by atoms with Gasteiger partial charge < -0.3 is 124 Å². The van der Waals surface area contributed by atoms with E-state index in [-0.39, 0.29) is 112 Å². The third-order valence-electron chi connectivity index (χ3n) is 17.1. The van der Waals surface area contributed by atoms with Crippen LogP contribution in [0.5, 0.6) is 5.75 Å². The Labute approximate surface area is 662 Å². The first-order valence-electron chi connectivity index (χ1n) is 35.7. The molecule has 3 rings (SSSR count). The zero-order valence-electron chi connectivity index (χ0n) is 61.8. The highest BCUT2D eigenvalue weighted by Crippen LogP contribution is 2.21. The fraction of sp³-hybridized carbons (Fsp3) is 0.606. The van der Waals surface area contributed by atoms with Gasteiger partial charge in [-0.2, -0.15) is 50.5 Å². The van der Waals surface area contributed by atoms with Gasteiger partial charge in [0.15, 0.2) is 5.96 Å². The molecule has 1 fully saturated rings. The number of carboxylic acid groups (broad SMARTS) is 1. The molecule has 1 aromatic heterocycles. The molecular weight excluding hydrogens is 1530 g/mol. The van der Waals surface area contributed by atoms with E-state index in [0.717, 1.165) is 0 Å². The molecule has 0 unspecified atom stereocenters. The van der Waals surface area contributed by atoms with E-state index in [2.05, 4.69) is 135 Å². The van der Waals surface area contributed by atoms with E-state index >= 15 is 0 Å². The van der Waals surface area contributed by atoms with Crippen molar-refractivity contribution in [2.24, 2.45) is 45.3 Å². The number of imidazole rings is 1. The molecule has 0 radical (unpaired) electrons. The molecule has 618 valence electrons. The average molecular weight is 1640 g/mol. The van der Waals surface area contributed by atoms with Crippen molar-refractivity contribution in [3.05, 3.63) is 48.0 Å². The molecule has 1 saturated heterocycles. The number of carbonyl (C=O) groups is 16. The van der Waals surface area contributed by atoms with Crippen molar-refractivity contribution in [3.8, 4) is 5.75 Å². The number of aliphatic imine (C=N–C) groups is 1. The van der Waals surface area contributed by atoms with Crippen LogP contribution in [0.4, 0.5) is 0 Å². The number of aromatic nitrogens is 2. The highest BCUT2D eigenvalue weighted by molar-refractivity contribution is 7.80. The number of aliphatic carboxylic acids is 1. The molecule has 15 amide bonds. The third kappa shape index (κ3) is 34.2. The number of aromatic amines is 1. The van der Waals surface area contributed by atoms with E-state index < -0.39 is 199 Å². The molecule has 41 nitrogen and oxygen atoms in total. The lowest BCUT2D eigenvalue weighted by atomic mass is 9.99. The average Bonchev–Trinajstić information content (AvgIpc) is 1.71. The van der Waals surface area contributed by atoms with Gasteiger partial charge in [0.2, 0.25) is 88.6 Å². The standard InChI is InChI=1S/C66H107N23O18S4/c1-33(2)52(63(104)81-41(11-5-7-19-68)58(99)87-47(31-111)65(106)107)88-59(100)42(22-35-14-16-37(90)17-15-35)82-56(97)39(10-4-6-18-67)79-51(93)27-76-55(96)44(28-108)84-53(94)34(3)78-62(103)48-13-9-21-89(48)64(105)43(23-36-25-73-32-77-36)83-60(101)45(29-109)86-61(102)46(30-110)85-57(98)40(12-8-20-74-66(71)72)80-50(92)26-75-54(95)38(69)24-49(70)91/h14-17,25,32-34,38-48,52,90,108-111H,4-13,18-24,26-31,67-69H2,1-3H3,(H2,70,91)(H,73,77)(H,75,95)(H,76,96)(H,78,103)(H,79,93)(H,80,92)(H,81,104)(H,82,97)(H,83,101)(H,84,94)(H,85,98)(H,86,102)(H,87,99)(H,88,100)(H,106,107)(H4,71,72,74)/t34-,38-,39-,40-,41-,42-,43-,44-,45-,46-,47-,48-,52-/m0/s1. The number of nitrogens with one attached hydrogen (secondary N) is 14. The summed E-state index contributed by atoms with van der Waals surface area (Å²) in [4.78, 5) is 227. The number of hydrogen-bond acceptors (Lipinski definition) is 26. The van der Waals surface area contributed by atoms with Crippen molar-refractivity contribution < 1.29 is 86.9 Å². The number of nitrogens with two attached hydrogens (primary N) is 6. The zero-order chi connectivity index (χ0) is 83.0. The predicted molar refractivity (Wildman–Crippen MR) is 417 cm³/mol. The van der Waals surface area contributed by atoms with Crippen LogP contribution in [0.3, 0.4) is 0 Å². The Morgan fingerprint density at radius 2 is 1.01 bits per heavy atom. The summed E-state index contributed by atoms with van der Waals surface area (Å²) in [6.07, 6.45) is 3.73. The molecule has 28 N–H and O–H groups in total. The number of unbranched alkanes of at least 4 members (excludes halogenated alkanes) is 2. The number of thiol groups is 4. The lowest BCUT2D eigenvalue weighted by Gasteiger charge is -2.30. The second-order valence-electron chi connectivity index (χ2n) is 26.3. The summed E-state index contributed by atoms with van der Waals surface area (Å²) in [7, 11) is 0. The largest absolute Gasteiger partial charge is 0.508 e. The minimum absolute atomic E-state index is 0.00702. The van der Waals surface area contributed by atoms with Gasteiger partial charge in [-0.05, 0) is 108 Å². The molecule has 13 atom stereocenters. The third-order valence-corrected chi connectivity index (χ3v) is 18.5. The Morgan fingerprint density at radius 3 is 1.50 bits per heavy atom. The van der Waals surface area contributed by atoms with Crippen LogP contribution in [0.1, 0.15) is 103 Å². The highest BCUT2D eigenvalue weighted by Gasteiger charge is 2.41. The lowest BCUT2D eigenvalue weighted by Crippen LogP contribution is -2.61. The maximum absolute atomic E-state index is 14.6. The van der Waals surface area contributed by atoms with Crippen molar-refractivity contribution in [2.45, 2.75) is 183 Å². The first-order valence-corrected chi connectivity index (χ1v) is 38.2. The van der Waals surface area contributed by atoms with Gasteiger partial charge in [-0.3, -0.25) is 76.9 Å². The number of phenolic OH excluding ortho intramolecular Hbond substituents is 1. The summed E-state index contributed by atoms with van der Waals surface area (Å²) in [5.41, 5.74) is 33.8. The van der Waals surface area contributed by atoms with E-state index in [1.807, 2.05) is 0 Å². The number of hydrogen-bond donors (Lipinski definition) is 26. The van der Waals surface area contributed by atoms with Crippen LogP contribution in [-0.4, -0.2) is 266 Å². The van der Waals surface area contributed by atoms with Crippen molar-refractivity contribution in [1.29, 1.82) is 0 Å². The molecule has 0 spiro atoms. The number of phenols is 1. The molecule has 0 aliphatic carbocycles. The summed E-state index contributed by atoms with van der Waals surface area (Å²) in [6, 6.07) is -12.2. The normalized spacial score (nSPS) is 15.7. The zero-order valence-corrected chi connectivity index (χ0v) is 65.4. The second kappa shape index (κ2) is 50.2. The van der Waals surface area contributed by atoms with Gasteiger partial charge in [-0.15, -0.1) is 0 Å². The minimum Gasteiger partial charge on any atom is -0.508 e. The highest BCUT2D eigenvalue weighted by atomic mass is 32.1. The monoisotopic (exact) mass is 1640 g/mol. The number of amides is 15. The number of aromatic hydroxyl groups is 1. The first kappa shape index (κ1) is 95.5. The molecule has 0 saturated carbocycles. The van der Waals surface area contributed by atoms with Gasteiger partial charge in [-0.1, -0.05) is 26.0 Å². The summed E-state index contributed by atoms with van der Waals surface area (Å²) in [6.45, 7) is 3.57. The quantitative estimate of drug-likeness (QED) is 0.0127. The number of nitrogens with zero attached hydrogens (tertiary/aromatic N) is 3. The van der Waals surface area contributed by atoms with Crippen molar-refractivity contribution in [3.63, 3.8) is 0 Å². The fourth-order valence-electron chi connectivity index (χ4n) is 10.9. The van der Waals surface area contributed by atoms with Crippen LogP contribution in [0.25, 0.3) is 0 Å². The molecular formula is C66H107N23O18S4. The molecule has 2 heterocycles. The Hall–Kier alpha value is -9.70. The van der Waals surface area contributed by atoms with Gasteiger partial charge in [0, 0.05) is 60.8 Å². The van der Waals surface area contributed by atoms with Crippen molar-refractivity contribution >= 4 is 151 Å². The number of carbonyl (C=O) groups excluding carboxylic acids is 15. The molecule has 1 aromatic carbocycles. The molecule has 111 heavy (non-hydrogen) atoms. The van der Waals surface area contributed by atoms with E-state index in [4.69, 9.17) is 34.4 Å². The van der Waals surface area contributed by atoms with E-state index in [9.17, 15) is 86.9 Å². The Balaban J connectivity index is 1.73. The number of H-pyrrole nitrogens is 1. The topological polar surface area (TPSA) is 670 Å². The van der Waals surface area contributed by atoms with E-state index in [1.54, 1.807) is 13.8 Å². The van der Waals surface area contributed by atoms with Gasteiger partial charge in [0.25, 0.3) is 0 Å². The number of likely N-dealkylation sites (tertiary alicyclic amines) is 1. The number of benzene rings is 1. The van der Waals surface area contributed by atoms with Crippen LogP contribution >= 0.6 is 50.5 Å². The van der Waals surface area contributed by atoms with Gasteiger partial charge >= 0.3 is 5.97 Å². The molecule has 1 aliphatic heterocycles. The molecule has 0 bridgehead atoms. The van der Waals surface area contributed by atoms with E-state index in [1.165, 1.54) is 48.6 Å². The predicted octanol–water partition coefficient (Wildman–Crippen LogP) is -8.55. The Bertz CT molecular complexity index is 3510. The van der Waals surface area contributed by atoms with Crippen LogP contribution < -0.4 is 104 Å². The van der Waals surface area contributed by atoms with Crippen LogP contribution in [0, 0.1) is 5.92 Å². The molecule has 2 aromatic rings. The van der Waals surface area contributed by atoms with Crippen LogP contribution in [-0.2, 0) is 89.6 Å². The fourth-order valence-corrected chi connectivity index (χ4v) is 12.0.